The Balaban J connectivity index is 2.26. The Morgan fingerprint density at radius 2 is 2.08 bits per heavy atom. The molecule has 1 fully saturated rings. The Morgan fingerprint density at radius 3 is 2.72 bits per heavy atom. The predicted molar refractivity (Wildman–Crippen MR) is 90.7 cm³/mol. The summed E-state index contributed by atoms with van der Waals surface area (Å²) in [6, 6.07) is 4.41. The van der Waals surface area contributed by atoms with E-state index in [1.165, 1.54) is 12.2 Å². The first kappa shape index (κ1) is 18.1. The van der Waals surface area contributed by atoms with E-state index in [4.69, 9.17) is 15.2 Å². The molecule has 2 rings (SSSR count). The van der Waals surface area contributed by atoms with Crippen LogP contribution in [0.25, 0.3) is 6.08 Å². The van der Waals surface area contributed by atoms with Crippen LogP contribution >= 0.6 is 0 Å². The van der Waals surface area contributed by atoms with Gasteiger partial charge >= 0.3 is 6.03 Å². The van der Waals surface area contributed by atoms with Gasteiger partial charge < -0.3 is 20.5 Å². The van der Waals surface area contributed by atoms with Crippen LogP contribution in [0.5, 0.6) is 11.5 Å². The molecule has 3 N–H and O–H groups in total. The zero-order valence-corrected chi connectivity index (χ0v) is 13.8. The van der Waals surface area contributed by atoms with Crippen molar-refractivity contribution in [1.82, 2.24) is 10.2 Å². The van der Waals surface area contributed by atoms with Crippen LogP contribution in [-0.4, -0.2) is 42.5 Å². The van der Waals surface area contributed by atoms with E-state index in [-0.39, 0.29) is 18.8 Å². The van der Waals surface area contributed by atoms with Gasteiger partial charge in [-0.2, -0.15) is 0 Å². The summed E-state index contributed by atoms with van der Waals surface area (Å²) in [5.41, 5.74) is 5.84. The number of primary amides is 1. The number of nitrogens with zero attached hydrogens (tertiary/aromatic N) is 1. The summed E-state index contributed by atoms with van der Waals surface area (Å²) < 4.78 is 10.8. The molecule has 25 heavy (non-hydrogen) atoms. The maximum Gasteiger partial charge on any atom is 0.329 e. The number of carbonyl (C=O) groups excluding carboxylic acids is 3. The van der Waals surface area contributed by atoms with Gasteiger partial charge in [-0.3, -0.25) is 14.5 Å². The fourth-order valence-electron chi connectivity index (χ4n) is 2.18. The van der Waals surface area contributed by atoms with Crippen LogP contribution < -0.4 is 20.5 Å². The van der Waals surface area contributed by atoms with Crippen molar-refractivity contribution in [2.24, 2.45) is 5.73 Å². The Hall–Kier alpha value is -3.29. The number of carbonyl (C=O) groups is 3. The van der Waals surface area contributed by atoms with Crippen LogP contribution in [0.1, 0.15) is 12.5 Å². The summed E-state index contributed by atoms with van der Waals surface area (Å²) in [6.45, 7) is 5.56. The van der Waals surface area contributed by atoms with E-state index in [9.17, 15) is 14.4 Å². The van der Waals surface area contributed by atoms with Gasteiger partial charge in [0, 0.05) is 6.54 Å². The number of hydrogen-bond donors (Lipinski definition) is 2. The fraction of sp³-hybridized carbons (Fsp3) is 0.235. The summed E-state index contributed by atoms with van der Waals surface area (Å²) in [5.74, 6) is -0.275. The molecule has 1 aliphatic heterocycles. The molecule has 8 nitrogen and oxygen atoms in total. The zero-order valence-electron chi connectivity index (χ0n) is 13.8. The highest BCUT2D eigenvalue weighted by Crippen LogP contribution is 2.29. The summed E-state index contributed by atoms with van der Waals surface area (Å²) in [4.78, 5) is 35.8. The smallest absolute Gasteiger partial charge is 0.329 e. The van der Waals surface area contributed by atoms with Gasteiger partial charge in [0.1, 0.15) is 5.70 Å². The number of nitrogens with two attached hydrogens (primary N) is 1. The Kier molecular flexibility index (Phi) is 5.78. The minimum Gasteiger partial charge on any atom is -0.490 e. The number of rotatable bonds is 8. The number of benzene rings is 1. The van der Waals surface area contributed by atoms with E-state index < -0.39 is 17.8 Å². The van der Waals surface area contributed by atoms with Gasteiger partial charge in [-0.05, 0) is 30.7 Å². The molecule has 4 amide bonds. The molecule has 8 heteroatoms. The molecule has 0 saturated carbocycles. The molecule has 132 valence electrons. The lowest BCUT2D eigenvalue weighted by Crippen LogP contribution is -2.30. The van der Waals surface area contributed by atoms with Crippen molar-refractivity contribution in [3.63, 3.8) is 0 Å². The second-order valence-electron chi connectivity index (χ2n) is 5.09. The van der Waals surface area contributed by atoms with Crippen molar-refractivity contribution in [3.05, 3.63) is 42.1 Å². The number of nitrogens with one attached hydrogen (secondary N) is 1. The standard InChI is InChI=1S/C17H19N3O5/c1-3-7-20-16(22)12(19-17(20)23)8-11-5-6-13(25-10-15(18)21)14(9-11)24-4-2/h3,5-6,8-9H,1,4,7,10H2,2H3,(H2,18,21)(H,19,23)/b12-8+. The first-order chi connectivity index (χ1) is 12.0. The molecule has 0 aliphatic carbocycles. The molecular formula is C17H19N3O5. The summed E-state index contributed by atoms with van der Waals surface area (Å²) in [5, 5.41) is 2.51. The first-order valence-electron chi connectivity index (χ1n) is 7.59. The number of amides is 4. The van der Waals surface area contributed by atoms with Gasteiger partial charge in [-0.1, -0.05) is 12.1 Å². The van der Waals surface area contributed by atoms with Crippen molar-refractivity contribution in [3.8, 4) is 11.5 Å². The molecule has 1 aliphatic rings. The quantitative estimate of drug-likeness (QED) is 0.415. The lowest BCUT2D eigenvalue weighted by molar-refractivity contribution is -0.122. The van der Waals surface area contributed by atoms with E-state index in [1.807, 2.05) is 0 Å². The van der Waals surface area contributed by atoms with Gasteiger partial charge in [0.15, 0.2) is 18.1 Å². The van der Waals surface area contributed by atoms with Crippen LogP contribution in [0.15, 0.2) is 36.6 Å². The maximum absolute atomic E-state index is 12.2. The second kappa shape index (κ2) is 8.00. The normalized spacial score (nSPS) is 15.2. The van der Waals surface area contributed by atoms with Crippen LogP contribution in [0.3, 0.4) is 0 Å². The third kappa shape index (κ3) is 4.37. The van der Waals surface area contributed by atoms with E-state index >= 15 is 0 Å². The Labute approximate surface area is 144 Å². The van der Waals surface area contributed by atoms with Gasteiger partial charge in [0.2, 0.25) is 0 Å². The number of urea groups is 1. The minimum atomic E-state index is -0.602. The van der Waals surface area contributed by atoms with Crippen molar-refractivity contribution >= 4 is 23.9 Å². The van der Waals surface area contributed by atoms with E-state index in [2.05, 4.69) is 11.9 Å². The van der Waals surface area contributed by atoms with E-state index in [0.29, 0.717) is 23.7 Å². The predicted octanol–water partition coefficient (Wildman–Crippen LogP) is 1.03. The lowest BCUT2D eigenvalue weighted by Gasteiger charge is -2.11. The average Bonchev–Trinajstić information content (AvgIpc) is 2.82. The van der Waals surface area contributed by atoms with Crippen LogP contribution in [0.2, 0.25) is 0 Å². The molecular weight excluding hydrogens is 326 g/mol. The van der Waals surface area contributed by atoms with Crippen molar-refractivity contribution in [2.45, 2.75) is 6.92 Å². The summed E-state index contributed by atoms with van der Waals surface area (Å²) in [6.07, 6.45) is 3.00. The molecule has 0 aromatic heterocycles. The molecule has 1 aromatic carbocycles. The summed E-state index contributed by atoms with van der Waals surface area (Å²) in [7, 11) is 0. The van der Waals surface area contributed by atoms with Gasteiger partial charge in [0.25, 0.3) is 11.8 Å². The monoisotopic (exact) mass is 345 g/mol. The van der Waals surface area contributed by atoms with Gasteiger partial charge in [-0.15, -0.1) is 6.58 Å². The SMILES string of the molecule is C=CCN1C(=O)N/C(=C/c2ccc(OCC(N)=O)c(OCC)c2)C1=O. The maximum atomic E-state index is 12.2. The summed E-state index contributed by atoms with van der Waals surface area (Å²) >= 11 is 0. The number of hydrogen-bond acceptors (Lipinski definition) is 5. The largest absolute Gasteiger partial charge is 0.490 e. The molecule has 1 heterocycles. The minimum absolute atomic E-state index is 0.131. The number of imide groups is 1. The van der Waals surface area contributed by atoms with Crippen LogP contribution in [-0.2, 0) is 9.59 Å². The molecule has 0 unspecified atom stereocenters. The fourth-order valence-corrected chi connectivity index (χ4v) is 2.18. The Morgan fingerprint density at radius 1 is 1.32 bits per heavy atom. The van der Waals surface area contributed by atoms with Crippen molar-refractivity contribution in [2.75, 3.05) is 19.8 Å². The third-order valence-corrected chi connectivity index (χ3v) is 3.22. The van der Waals surface area contributed by atoms with Crippen molar-refractivity contribution in [1.29, 1.82) is 0 Å². The molecule has 0 spiro atoms. The second-order valence-corrected chi connectivity index (χ2v) is 5.09. The average molecular weight is 345 g/mol. The molecule has 0 atom stereocenters. The topological polar surface area (TPSA) is 111 Å². The molecule has 1 saturated heterocycles. The highest BCUT2D eigenvalue weighted by Gasteiger charge is 2.32. The molecule has 0 radical (unpaired) electrons. The number of ether oxygens (including phenoxy) is 2. The van der Waals surface area contributed by atoms with E-state index in [0.717, 1.165) is 4.90 Å². The molecule has 0 bridgehead atoms. The highest BCUT2D eigenvalue weighted by atomic mass is 16.5. The lowest BCUT2D eigenvalue weighted by atomic mass is 10.1. The Bertz CT molecular complexity index is 742. The zero-order chi connectivity index (χ0) is 18.4. The highest BCUT2D eigenvalue weighted by molar-refractivity contribution is 6.14. The molecule has 1 aromatic rings. The third-order valence-electron chi connectivity index (χ3n) is 3.22. The van der Waals surface area contributed by atoms with Gasteiger partial charge in [-0.25, -0.2) is 4.79 Å². The van der Waals surface area contributed by atoms with Crippen LogP contribution in [0, 0.1) is 0 Å². The van der Waals surface area contributed by atoms with E-state index in [1.54, 1.807) is 25.1 Å². The van der Waals surface area contributed by atoms with Crippen LogP contribution in [0.4, 0.5) is 4.79 Å². The first-order valence-corrected chi connectivity index (χ1v) is 7.59. The van der Waals surface area contributed by atoms with Crippen molar-refractivity contribution < 1.29 is 23.9 Å². The van der Waals surface area contributed by atoms with Gasteiger partial charge in [0.05, 0.1) is 6.61 Å².